The molecule has 0 aromatic heterocycles. The lowest BCUT2D eigenvalue weighted by Crippen LogP contribution is -2.33. The molecule has 46 valence electrons. The lowest BCUT2D eigenvalue weighted by Gasteiger charge is -2.03. The minimum absolute atomic E-state index is 0.0116. The smallest absolute Gasteiger partial charge is 0.177 e. The highest BCUT2D eigenvalue weighted by molar-refractivity contribution is 5.87. The van der Waals surface area contributed by atoms with Crippen LogP contribution < -0.4 is 5.73 Å². The van der Waals surface area contributed by atoms with Crippen molar-refractivity contribution in [3.05, 3.63) is 0 Å². The van der Waals surface area contributed by atoms with Gasteiger partial charge in [-0.3, -0.25) is 4.79 Å². The molecule has 0 saturated carbocycles. The fraction of sp³-hybridized carbons (Fsp3) is 0.800. The summed E-state index contributed by atoms with van der Waals surface area (Å²) in [6, 6.07) is -0.380. The molecule has 0 radical (unpaired) electrons. The third kappa shape index (κ3) is 0.743. The molecule has 0 amide bonds. The zero-order valence-corrected chi connectivity index (χ0v) is 4.76. The van der Waals surface area contributed by atoms with Crippen molar-refractivity contribution < 1.29 is 9.53 Å². The maximum Gasteiger partial charge on any atom is 0.177 e. The van der Waals surface area contributed by atoms with Crippen LogP contribution in [-0.4, -0.2) is 24.5 Å². The van der Waals surface area contributed by atoms with Crippen molar-refractivity contribution in [1.29, 1.82) is 0 Å². The van der Waals surface area contributed by atoms with Crippen molar-refractivity contribution in [3.63, 3.8) is 0 Å². The maximum absolute atomic E-state index is 10.5. The molecule has 2 N–H and O–H groups in total. The van der Waals surface area contributed by atoms with Crippen LogP contribution in [0.25, 0.3) is 0 Å². The maximum atomic E-state index is 10.5. The Morgan fingerprint density at radius 3 is 2.62 bits per heavy atom. The zero-order valence-electron chi connectivity index (χ0n) is 4.76. The summed E-state index contributed by atoms with van der Waals surface area (Å²) in [6.45, 7) is 2.00. The Labute approximate surface area is 47.8 Å². The van der Waals surface area contributed by atoms with E-state index in [-0.39, 0.29) is 24.5 Å². The topological polar surface area (TPSA) is 52.3 Å². The fourth-order valence-corrected chi connectivity index (χ4v) is 0.675. The lowest BCUT2D eigenvalue weighted by atomic mass is 10.2. The Bertz CT molecular complexity index is 113. The molecule has 1 heterocycles. The van der Waals surface area contributed by atoms with Gasteiger partial charge in [0.15, 0.2) is 5.78 Å². The van der Waals surface area contributed by atoms with Crippen molar-refractivity contribution in [2.75, 3.05) is 6.61 Å². The number of Topliss-reactive ketones (excluding diaryl/α,β-unsaturated/α-hetero) is 1. The molecule has 1 saturated heterocycles. The molecule has 0 aromatic rings. The van der Waals surface area contributed by atoms with Crippen LogP contribution in [0.15, 0.2) is 0 Å². The number of ether oxygens (including phenoxy) is 1. The summed E-state index contributed by atoms with van der Waals surface area (Å²) < 4.78 is 4.90. The molecule has 1 aliphatic rings. The SMILES string of the molecule is C[C@H]1OCC(=O)[C@H]1N. The third-order valence-electron chi connectivity index (χ3n) is 1.37. The van der Waals surface area contributed by atoms with E-state index >= 15 is 0 Å². The Balaban J connectivity index is 2.56. The standard InChI is InChI=1S/C5H9NO2/c1-3-5(6)4(7)2-8-3/h3,5H,2,6H2,1H3/t3-,5+/m1/s1. The molecule has 2 atom stereocenters. The van der Waals surface area contributed by atoms with Gasteiger partial charge < -0.3 is 10.5 Å². The highest BCUT2D eigenvalue weighted by Gasteiger charge is 2.28. The Morgan fingerprint density at radius 1 is 1.88 bits per heavy atom. The minimum atomic E-state index is -0.380. The van der Waals surface area contributed by atoms with Crippen molar-refractivity contribution in [2.24, 2.45) is 5.73 Å². The van der Waals surface area contributed by atoms with Crippen LogP contribution in [0.1, 0.15) is 6.92 Å². The van der Waals surface area contributed by atoms with Crippen LogP contribution in [0.5, 0.6) is 0 Å². The van der Waals surface area contributed by atoms with Gasteiger partial charge in [0, 0.05) is 0 Å². The summed E-state index contributed by atoms with van der Waals surface area (Å²) in [4.78, 5) is 10.5. The first kappa shape index (κ1) is 5.72. The Kier molecular flexibility index (Phi) is 1.31. The summed E-state index contributed by atoms with van der Waals surface area (Å²) in [5.41, 5.74) is 5.35. The highest BCUT2D eigenvalue weighted by Crippen LogP contribution is 2.05. The number of nitrogens with two attached hydrogens (primary N) is 1. The zero-order chi connectivity index (χ0) is 6.15. The van der Waals surface area contributed by atoms with Gasteiger partial charge in [0.2, 0.25) is 0 Å². The molecular weight excluding hydrogens is 106 g/mol. The fourth-order valence-electron chi connectivity index (χ4n) is 0.675. The van der Waals surface area contributed by atoms with Gasteiger partial charge >= 0.3 is 0 Å². The van der Waals surface area contributed by atoms with Gasteiger partial charge in [0.1, 0.15) is 6.61 Å². The molecular formula is C5H9NO2. The van der Waals surface area contributed by atoms with E-state index in [1.54, 1.807) is 6.92 Å². The summed E-state index contributed by atoms with van der Waals surface area (Å²) in [7, 11) is 0. The quantitative estimate of drug-likeness (QED) is 0.454. The molecule has 3 heteroatoms. The van der Waals surface area contributed by atoms with Crippen LogP contribution in [0.4, 0.5) is 0 Å². The van der Waals surface area contributed by atoms with Gasteiger partial charge in [-0.15, -0.1) is 0 Å². The van der Waals surface area contributed by atoms with E-state index in [0.717, 1.165) is 0 Å². The van der Waals surface area contributed by atoms with E-state index in [2.05, 4.69) is 0 Å². The van der Waals surface area contributed by atoms with Gasteiger partial charge in [-0.05, 0) is 6.92 Å². The average molecular weight is 115 g/mol. The molecule has 0 aromatic carbocycles. The van der Waals surface area contributed by atoms with E-state index in [1.165, 1.54) is 0 Å². The lowest BCUT2D eigenvalue weighted by molar-refractivity contribution is -0.118. The second kappa shape index (κ2) is 1.84. The molecule has 1 aliphatic heterocycles. The van der Waals surface area contributed by atoms with Gasteiger partial charge in [-0.2, -0.15) is 0 Å². The number of carbonyl (C=O) groups excluding carboxylic acids is 1. The van der Waals surface area contributed by atoms with Crippen LogP contribution in [-0.2, 0) is 9.53 Å². The normalized spacial score (nSPS) is 38.5. The first-order valence-electron chi connectivity index (χ1n) is 2.61. The van der Waals surface area contributed by atoms with E-state index in [9.17, 15) is 4.79 Å². The van der Waals surface area contributed by atoms with E-state index in [1.807, 2.05) is 0 Å². The third-order valence-corrected chi connectivity index (χ3v) is 1.37. The average Bonchev–Trinajstić information content (AvgIpc) is 1.98. The first-order valence-corrected chi connectivity index (χ1v) is 2.61. The largest absolute Gasteiger partial charge is 0.369 e. The van der Waals surface area contributed by atoms with E-state index in [4.69, 9.17) is 10.5 Å². The monoisotopic (exact) mass is 115 g/mol. The van der Waals surface area contributed by atoms with Crippen LogP contribution in [0.2, 0.25) is 0 Å². The molecule has 8 heavy (non-hydrogen) atoms. The van der Waals surface area contributed by atoms with Crippen molar-refractivity contribution in [1.82, 2.24) is 0 Å². The number of carbonyl (C=O) groups is 1. The minimum Gasteiger partial charge on any atom is -0.369 e. The second-order valence-electron chi connectivity index (χ2n) is 2.01. The molecule has 1 rings (SSSR count). The van der Waals surface area contributed by atoms with Gasteiger partial charge in [0.05, 0.1) is 12.1 Å². The van der Waals surface area contributed by atoms with E-state index < -0.39 is 0 Å². The predicted molar refractivity (Wildman–Crippen MR) is 28.4 cm³/mol. The molecule has 0 unspecified atom stereocenters. The summed E-state index contributed by atoms with van der Waals surface area (Å²) in [5, 5.41) is 0. The van der Waals surface area contributed by atoms with Gasteiger partial charge in [-0.25, -0.2) is 0 Å². The number of ketones is 1. The number of rotatable bonds is 0. The van der Waals surface area contributed by atoms with E-state index in [0.29, 0.717) is 0 Å². The molecule has 3 nitrogen and oxygen atoms in total. The van der Waals surface area contributed by atoms with Crippen LogP contribution >= 0.6 is 0 Å². The molecule has 0 bridgehead atoms. The first-order chi connectivity index (χ1) is 3.72. The Morgan fingerprint density at radius 2 is 2.50 bits per heavy atom. The van der Waals surface area contributed by atoms with Crippen molar-refractivity contribution >= 4 is 5.78 Å². The molecule has 0 aliphatic carbocycles. The summed E-state index contributed by atoms with van der Waals surface area (Å²) >= 11 is 0. The van der Waals surface area contributed by atoms with Crippen molar-refractivity contribution in [2.45, 2.75) is 19.1 Å². The molecule has 0 spiro atoms. The van der Waals surface area contributed by atoms with Crippen LogP contribution in [0, 0.1) is 0 Å². The second-order valence-corrected chi connectivity index (χ2v) is 2.01. The van der Waals surface area contributed by atoms with Crippen molar-refractivity contribution in [3.8, 4) is 0 Å². The molecule has 1 fully saturated rings. The summed E-state index contributed by atoms with van der Waals surface area (Å²) in [6.07, 6.45) is -0.0810. The highest BCUT2D eigenvalue weighted by atomic mass is 16.5. The van der Waals surface area contributed by atoms with Gasteiger partial charge in [0.25, 0.3) is 0 Å². The number of hydrogen-bond acceptors (Lipinski definition) is 3. The summed E-state index contributed by atoms with van der Waals surface area (Å²) in [5.74, 6) is 0.0116. The number of hydrogen-bond donors (Lipinski definition) is 1. The Hall–Kier alpha value is -0.410. The predicted octanol–water partition coefficient (Wildman–Crippen LogP) is -0.699. The van der Waals surface area contributed by atoms with Crippen LogP contribution in [0.3, 0.4) is 0 Å². The van der Waals surface area contributed by atoms with Gasteiger partial charge in [-0.1, -0.05) is 0 Å².